The number of piperazine rings is 1. The van der Waals surface area contributed by atoms with E-state index in [-0.39, 0.29) is 36.3 Å². The second-order valence-corrected chi connectivity index (χ2v) is 8.19. The van der Waals surface area contributed by atoms with Gasteiger partial charge in [0.15, 0.2) is 5.96 Å². The van der Waals surface area contributed by atoms with Gasteiger partial charge in [-0.05, 0) is 18.9 Å². The highest BCUT2D eigenvalue weighted by Crippen LogP contribution is 2.25. The Bertz CT molecular complexity index is 676. The van der Waals surface area contributed by atoms with E-state index in [4.69, 9.17) is 5.14 Å². The molecule has 1 aromatic rings. The summed E-state index contributed by atoms with van der Waals surface area (Å²) in [4.78, 5) is 9.13. The van der Waals surface area contributed by atoms with E-state index in [9.17, 15) is 8.42 Å². The predicted octanol–water partition coefficient (Wildman–Crippen LogP) is 1.63. The lowest BCUT2D eigenvalue weighted by Crippen LogP contribution is -2.53. The number of rotatable bonds is 7. The lowest BCUT2D eigenvalue weighted by Gasteiger charge is -2.40. The average Bonchev–Trinajstić information content (AvgIpc) is 2.62. The number of nitrogens with one attached hydrogen (secondary N) is 1. The Kier molecular flexibility index (Phi) is 10.6. The molecule has 1 unspecified atom stereocenters. The van der Waals surface area contributed by atoms with Gasteiger partial charge in [-0.1, -0.05) is 37.3 Å². The van der Waals surface area contributed by atoms with Crippen LogP contribution < -0.4 is 10.5 Å². The third kappa shape index (κ3) is 7.92. The summed E-state index contributed by atoms with van der Waals surface area (Å²) in [7, 11) is -3.48. The summed E-state index contributed by atoms with van der Waals surface area (Å²) >= 11 is 0. The summed E-state index contributed by atoms with van der Waals surface area (Å²) in [6.07, 6.45) is 1.08. The summed E-state index contributed by atoms with van der Waals surface area (Å²) in [5.74, 6) is 0.636. The largest absolute Gasteiger partial charge is 0.357 e. The zero-order chi connectivity index (χ0) is 19.0. The number of hydrogen-bond acceptors (Lipinski definition) is 4. The van der Waals surface area contributed by atoms with Crippen LogP contribution in [0.3, 0.4) is 0 Å². The van der Waals surface area contributed by atoms with Crippen LogP contribution in [0.15, 0.2) is 35.3 Å². The van der Waals surface area contributed by atoms with Gasteiger partial charge in [0.25, 0.3) is 0 Å². The normalized spacial score (nSPS) is 17.3. The quantitative estimate of drug-likeness (QED) is 0.331. The molecule has 1 heterocycles. The maximum absolute atomic E-state index is 11.1. The number of nitrogens with two attached hydrogens (primary N) is 1. The van der Waals surface area contributed by atoms with Gasteiger partial charge >= 0.3 is 0 Å². The first-order valence-electron chi connectivity index (χ1n) is 9.27. The van der Waals surface area contributed by atoms with Crippen LogP contribution in [0, 0.1) is 0 Å². The molecule has 1 aliphatic heterocycles. The van der Waals surface area contributed by atoms with Crippen LogP contribution in [0.25, 0.3) is 0 Å². The first kappa shape index (κ1) is 24.1. The molecule has 2 rings (SSSR count). The average molecular weight is 509 g/mol. The summed E-state index contributed by atoms with van der Waals surface area (Å²) in [5.41, 5.74) is 1.36. The molecule has 0 radical (unpaired) electrons. The molecule has 1 aliphatic rings. The molecule has 9 heteroatoms. The Balaban J connectivity index is 0.00000364. The van der Waals surface area contributed by atoms with E-state index < -0.39 is 10.0 Å². The Labute approximate surface area is 180 Å². The Hall–Kier alpha value is -0.910. The van der Waals surface area contributed by atoms with Crippen molar-refractivity contribution in [3.8, 4) is 0 Å². The van der Waals surface area contributed by atoms with Gasteiger partial charge in [-0.15, -0.1) is 24.0 Å². The van der Waals surface area contributed by atoms with Crippen molar-refractivity contribution in [1.29, 1.82) is 0 Å². The minimum absolute atomic E-state index is 0. The Morgan fingerprint density at radius 1 is 1.19 bits per heavy atom. The number of nitrogens with zero attached hydrogens (tertiary/aromatic N) is 3. The molecule has 1 atom stereocenters. The van der Waals surface area contributed by atoms with Crippen molar-refractivity contribution in [2.45, 2.75) is 26.3 Å². The van der Waals surface area contributed by atoms with Gasteiger partial charge in [0, 0.05) is 38.8 Å². The zero-order valence-corrected chi connectivity index (χ0v) is 19.3. The smallest absolute Gasteiger partial charge is 0.210 e. The lowest BCUT2D eigenvalue weighted by atomic mass is 10.0. The fourth-order valence-corrected chi connectivity index (χ4v) is 3.68. The first-order valence-corrected chi connectivity index (χ1v) is 11.0. The number of primary sulfonamides is 1. The fourth-order valence-electron chi connectivity index (χ4n) is 3.33. The number of benzene rings is 1. The summed E-state index contributed by atoms with van der Waals surface area (Å²) in [5, 5.41) is 8.31. The van der Waals surface area contributed by atoms with E-state index in [1.54, 1.807) is 0 Å². The Morgan fingerprint density at radius 3 is 2.33 bits per heavy atom. The lowest BCUT2D eigenvalue weighted by molar-refractivity contribution is 0.127. The predicted molar refractivity (Wildman–Crippen MR) is 122 cm³/mol. The zero-order valence-electron chi connectivity index (χ0n) is 16.2. The molecule has 0 spiro atoms. The molecule has 0 aromatic heterocycles. The first-order chi connectivity index (χ1) is 12.4. The van der Waals surface area contributed by atoms with Crippen molar-refractivity contribution in [2.24, 2.45) is 10.1 Å². The van der Waals surface area contributed by atoms with Crippen molar-refractivity contribution in [2.75, 3.05) is 45.0 Å². The highest BCUT2D eigenvalue weighted by atomic mass is 127. The number of halogens is 1. The summed E-state index contributed by atoms with van der Waals surface area (Å²) in [6, 6.07) is 11.1. The van der Waals surface area contributed by atoms with Crippen LogP contribution in [0.4, 0.5) is 0 Å². The second-order valence-electron chi connectivity index (χ2n) is 6.46. The third-order valence-corrected chi connectivity index (χ3v) is 5.35. The van der Waals surface area contributed by atoms with Crippen LogP contribution in [0.1, 0.15) is 31.9 Å². The van der Waals surface area contributed by atoms with Crippen molar-refractivity contribution < 1.29 is 8.42 Å². The van der Waals surface area contributed by atoms with Crippen molar-refractivity contribution in [3.05, 3.63) is 35.9 Å². The standard InChI is InChI=1S/C18H31N5O2S.HI/c1-3-17(16-8-6-5-7-9-16)22-11-13-23(14-12-22)18(20-4-2)21-10-15-26(19,24)25;/h5-9,17H,3-4,10-15H2,1-2H3,(H,20,21)(H2,19,24,25);1H. The maximum atomic E-state index is 11.1. The minimum Gasteiger partial charge on any atom is -0.357 e. The van der Waals surface area contributed by atoms with E-state index in [1.807, 2.05) is 6.92 Å². The highest BCUT2D eigenvalue weighted by Gasteiger charge is 2.25. The van der Waals surface area contributed by atoms with Crippen molar-refractivity contribution in [3.63, 3.8) is 0 Å². The molecule has 0 bridgehead atoms. The maximum Gasteiger partial charge on any atom is 0.210 e. The van der Waals surface area contributed by atoms with Crippen molar-refractivity contribution >= 4 is 40.0 Å². The van der Waals surface area contributed by atoms with Crippen LogP contribution in [0.2, 0.25) is 0 Å². The van der Waals surface area contributed by atoms with E-state index in [1.165, 1.54) is 5.56 Å². The number of guanidine groups is 1. The SMILES string of the molecule is CCNC(=NCCS(N)(=O)=O)N1CCN(C(CC)c2ccccc2)CC1.I. The summed E-state index contributed by atoms with van der Waals surface area (Å²) < 4.78 is 22.2. The van der Waals surface area contributed by atoms with E-state index in [0.29, 0.717) is 6.04 Å². The highest BCUT2D eigenvalue weighted by molar-refractivity contribution is 14.0. The third-order valence-electron chi connectivity index (χ3n) is 4.60. The van der Waals surface area contributed by atoms with Gasteiger partial charge in [0.1, 0.15) is 0 Å². The molecule has 1 aromatic carbocycles. The van der Waals surface area contributed by atoms with E-state index in [2.05, 4.69) is 57.4 Å². The van der Waals surface area contributed by atoms with Gasteiger partial charge in [-0.3, -0.25) is 9.89 Å². The molecular formula is C18H32IN5O2S. The number of sulfonamides is 1. The molecule has 7 nitrogen and oxygen atoms in total. The molecule has 154 valence electrons. The van der Waals surface area contributed by atoms with Crippen LogP contribution >= 0.6 is 24.0 Å². The second kappa shape index (κ2) is 11.8. The molecule has 0 aliphatic carbocycles. The molecule has 27 heavy (non-hydrogen) atoms. The fraction of sp³-hybridized carbons (Fsp3) is 0.611. The molecule has 3 N–H and O–H groups in total. The molecular weight excluding hydrogens is 477 g/mol. The minimum atomic E-state index is -3.48. The van der Waals surface area contributed by atoms with Crippen LogP contribution in [-0.2, 0) is 10.0 Å². The monoisotopic (exact) mass is 509 g/mol. The van der Waals surface area contributed by atoms with Crippen molar-refractivity contribution in [1.82, 2.24) is 15.1 Å². The number of aliphatic imine (C=N–C) groups is 1. The molecule has 0 amide bonds. The van der Waals surface area contributed by atoms with Gasteiger partial charge in [0.2, 0.25) is 10.0 Å². The van der Waals surface area contributed by atoms with Crippen LogP contribution in [-0.4, -0.2) is 69.2 Å². The summed E-state index contributed by atoms with van der Waals surface area (Å²) in [6.45, 7) is 8.80. The molecule has 1 saturated heterocycles. The van der Waals surface area contributed by atoms with E-state index >= 15 is 0 Å². The van der Waals surface area contributed by atoms with Gasteiger partial charge in [-0.2, -0.15) is 0 Å². The molecule has 0 saturated carbocycles. The van der Waals surface area contributed by atoms with Gasteiger partial charge in [-0.25, -0.2) is 13.6 Å². The number of hydrogen-bond donors (Lipinski definition) is 2. The topological polar surface area (TPSA) is 91.0 Å². The van der Waals surface area contributed by atoms with Gasteiger partial charge < -0.3 is 10.2 Å². The van der Waals surface area contributed by atoms with E-state index in [0.717, 1.165) is 45.1 Å². The van der Waals surface area contributed by atoms with Gasteiger partial charge in [0.05, 0.1) is 12.3 Å². The molecule has 1 fully saturated rings. The Morgan fingerprint density at radius 2 is 1.81 bits per heavy atom. The van der Waals surface area contributed by atoms with Crippen LogP contribution in [0.5, 0.6) is 0 Å².